The van der Waals surface area contributed by atoms with Crippen LogP contribution in [0.1, 0.15) is 120 Å². The van der Waals surface area contributed by atoms with Crippen LogP contribution in [0.2, 0.25) is 0 Å². The third-order valence-electron chi connectivity index (χ3n) is 23.8. The Morgan fingerprint density at radius 1 is 0.573 bits per heavy atom. The van der Waals surface area contributed by atoms with Gasteiger partial charge in [0, 0.05) is 29.3 Å². The minimum absolute atomic E-state index is 0.000616. The molecule has 9 aliphatic rings. The van der Waals surface area contributed by atoms with Gasteiger partial charge >= 0.3 is 0 Å². The maximum absolute atomic E-state index is 12.9. The Morgan fingerprint density at radius 2 is 1.12 bits per heavy atom. The molecule has 0 radical (unpaired) electrons. The lowest BCUT2D eigenvalue weighted by molar-refractivity contribution is -0.380. The lowest BCUT2D eigenvalue weighted by Crippen LogP contribution is -2.65. The smallest absolute Gasteiger partial charge is 0.187 e. The van der Waals surface area contributed by atoms with E-state index in [0.717, 1.165) is 18.4 Å². The Morgan fingerprint density at radius 3 is 1.74 bits per heavy atom. The third-order valence-corrected chi connectivity index (χ3v) is 23.8. The van der Waals surface area contributed by atoms with Crippen molar-refractivity contribution in [2.45, 2.75) is 285 Å². The van der Waals surface area contributed by atoms with Gasteiger partial charge in [0.05, 0.1) is 68.7 Å². The highest BCUT2D eigenvalue weighted by atomic mass is 16.8. The van der Waals surface area contributed by atoms with E-state index >= 15 is 0 Å². The van der Waals surface area contributed by atoms with Crippen molar-refractivity contribution in [1.29, 1.82) is 0 Å². The number of hydrogen-bond donors (Lipinski definition) is 18. The molecule has 35 atom stereocenters. The summed E-state index contributed by atoms with van der Waals surface area (Å²) < 4.78 is 54.7. The number of hydrogen-bond acceptors (Lipinski definition) is 27. The molecule has 18 N–H and O–H groups in total. The second-order valence-corrected chi connectivity index (χ2v) is 29.6. The first-order valence-corrected chi connectivity index (χ1v) is 32.2. The standard InChI is InChI=1S/C62H106O27/c1-25(10-14-39(59(5,6)80)88-57-53(89-56-52(79)48(75)44(71)33(22-65)84-56)50(77)46(73)35(86-57)24-82-54-41(68)26(2)40(67)32(21-64)83-54)28-16-17-60(7)36-13-11-29-30(62(36,9)37(66)19-61(28,60)8)12-15-38(58(29,3)4)87-55-51(78)49(76)45(72)34(85-55)23-81-31-18-27(20-63)42(69)47(74)43(31)70/h11,25-28,30-57,63-80H,10,12-24H2,1-9H3/t25-,26+,27-,28?,30?,31-,32-,33+,34-,35-,36?,37-,38+,39-,40+,41-,42-,43+,44+,45-,46-,47+,48-,49+,50+,51-,52+,53-,54-,55+,56-,57+,60+,61-,62+/m1/s1. The minimum Gasteiger partial charge on any atom is -0.396 e. The van der Waals surface area contributed by atoms with Gasteiger partial charge in [-0.1, -0.05) is 60.1 Å². The largest absolute Gasteiger partial charge is 0.396 e. The van der Waals surface area contributed by atoms with Crippen molar-refractivity contribution in [2.75, 3.05) is 33.0 Å². The Hall–Kier alpha value is -1.34. The molecule has 0 aromatic carbocycles. The van der Waals surface area contributed by atoms with E-state index in [0.29, 0.717) is 32.1 Å². The van der Waals surface area contributed by atoms with E-state index < -0.39 is 214 Å². The Balaban J connectivity index is 0.883. The number of aliphatic hydroxyl groups excluding tert-OH is 17. The maximum Gasteiger partial charge on any atom is 0.187 e. The first-order valence-electron chi connectivity index (χ1n) is 32.2. The summed E-state index contributed by atoms with van der Waals surface area (Å²) in [5.41, 5.74) is -2.33. The van der Waals surface area contributed by atoms with Crippen molar-refractivity contribution in [1.82, 2.24) is 0 Å². The fraction of sp³-hybridized carbons (Fsp3) is 0.968. The van der Waals surface area contributed by atoms with Gasteiger partial charge in [-0.05, 0) is 106 Å². The van der Waals surface area contributed by atoms with Crippen molar-refractivity contribution in [3.63, 3.8) is 0 Å². The van der Waals surface area contributed by atoms with Gasteiger partial charge in [-0.2, -0.15) is 0 Å². The Kier molecular flexibility index (Phi) is 22.3. The van der Waals surface area contributed by atoms with E-state index in [1.807, 2.05) is 0 Å². The van der Waals surface area contributed by atoms with Crippen LogP contribution in [0.3, 0.4) is 0 Å². The molecule has 4 heterocycles. The zero-order valence-corrected chi connectivity index (χ0v) is 52.7. The molecule has 3 unspecified atom stereocenters. The summed E-state index contributed by atoms with van der Waals surface area (Å²) in [5, 5.41) is 196. The van der Waals surface area contributed by atoms with E-state index in [2.05, 4.69) is 47.6 Å². The summed E-state index contributed by atoms with van der Waals surface area (Å²) in [6.45, 7) is 15.0. The van der Waals surface area contributed by atoms with E-state index in [1.54, 1.807) is 0 Å². The lowest BCUT2D eigenvalue weighted by atomic mass is 9.38. The van der Waals surface area contributed by atoms with Gasteiger partial charge in [0.2, 0.25) is 0 Å². The van der Waals surface area contributed by atoms with Gasteiger partial charge in [0.1, 0.15) is 97.7 Å². The Bertz CT molecular complexity index is 2340. The molecule has 4 saturated carbocycles. The molecule has 0 bridgehead atoms. The molecular formula is C62H106O27. The van der Waals surface area contributed by atoms with Gasteiger partial charge in [0.25, 0.3) is 0 Å². The van der Waals surface area contributed by atoms with Crippen LogP contribution in [-0.4, -0.2) is 290 Å². The summed E-state index contributed by atoms with van der Waals surface area (Å²) in [5.74, 6) is -1.50. The zero-order valence-electron chi connectivity index (χ0n) is 52.7. The molecule has 0 aromatic heterocycles. The van der Waals surface area contributed by atoms with Gasteiger partial charge in [-0.3, -0.25) is 0 Å². The molecular weight excluding hydrogens is 1180 g/mol. The number of ether oxygens (including phenoxy) is 9. The molecule has 27 heteroatoms. The first-order chi connectivity index (χ1) is 41.6. The lowest BCUT2D eigenvalue weighted by Gasteiger charge is -2.67. The molecule has 516 valence electrons. The number of rotatable bonds is 20. The van der Waals surface area contributed by atoms with E-state index in [1.165, 1.54) is 20.8 Å². The van der Waals surface area contributed by atoms with Gasteiger partial charge < -0.3 is 135 Å². The average Bonchev–Trinajstić information content (AvgIpc) is 1.66. The minimum atomic E-state index is -1.92. The van der Waals surface area contributed by atoms with Crippen LogP contribution < -0.4 is 0 Å². The van der Waals surface area contributed by atoms with E-state index in [9.17, 15) is 91.9 Å². The van der Waals surface area contributed by atoms with Crippen LogP contribution in [0.5, 0.6) is 0 Å². The molecule has 0 spiro atoms. The number of allylic oxidation sites excluding steroid dienone is 1. The average molecular weight is 1280 g/mol. The fourth-order valence-electron chi connectivity index (χ4n) is 17.7. The molecule has 4 aliphatic heterocycles. The predicted octanol–water partition coefficient (Wildman–Crippen LogP) is -3.47. The van der Waals surface area contributed by atoms with Gasteiger partial charge in [-0.25, -0.2) is 0 Å². The predicted molar refractivity (Wildman–Crippen MR) is 307 cm³/mol. The molecule has 8 fully saturated rings. The second kappa shape index (κ2) is 27.6. The highest BCUT2D eigenvalue weighted by molar-refractivity contribution is 5.32. The third kappa shape index (κ3) is 13.1. The van der Waals surface area contributed by atoms with Crippen molar-refractivity contribution in [3.8, 4) is 0 Å². The molecule has 4 saturated heterocycles. The summed E-state index contributed by atoms with van der Waals surface area (Å²) in [6, 6.07) is 0. The zero-order chi connectivity index (χ0) is 65.5. The van der Waals surface area contributed by atoms with Crippen LogP contribution in [0, 0.1) is 57.2 Å². The Labute approximate surface area is 520 Å². The quantitative estimate of drug-likeness (QED) is 0.0527. The molecule has 0 aromatic rings. The second-order valence-electron chi connectivity index (χ2n) is 29.6. The van der Waals surface area contributed by atoms with Crippen molar-refractivity contribution < 1.29 is 135 Å². The monoisotopic (exact) mass is 1280 g/mol. The molecule has 89 heavy (non-hydrogen) atoms. The highest BCUT2D eigenvalue weighted by Gasteiger charge is 2.70. The van der Waals surface area contributed by atoms with Crippen LogP contribution in [0.15, 0.2) is 11.6 Å². The summed E-state index contributed by atoms with van der Waals surface area (Å²) in [7, 11) is 0. The highest BCUT2D eigenvalue weighted by Crippen LogP contribution is 2.75. The molecule has 5 aliphatic carbocycles. The van der Waals surface area contributed by atoms with Crippen molar-refractivity contribution >= 4 is 0 Å². The van der Waals surface area contributed by atoms with Crippen LogP contribution in [-0.2, 0) is 42.6 Å². The van der Waals surface area contributed by atoms with Crippen LogP contribution in [0.4, 0.5) is 0 Å². The molecule has 27 nitrogen and oxygen atoms in total. The van der Waals surface area contributed by atoms with Crippen molar-refractivity contribution in [3.05, 3.63) is 11.6 Å². The van der Waals surface area contributed by atoms with Crippen LogP contribution in [0.25, 0.3) is 0 Å². The fourth-order valence-corrected chi connectivity index (χ4v) is 17.7. The summed E-state index contributed by atoms with van der Waals surface area (Å²) in [6.07, 6.45) is -30.8. The van der Waals surface area contributed by atoms with Crippen LogP contribution >= 0.6 is 0 Å². The number of fused-ring (bicyclic) bond motifs is 5. The number of aliphatic hydroxyl groups is 18. The van der Waals surface area contributed by atoms with E-state index in [4.69, 9.17) is 42.6 Å². The summed E-state index contributed by atoms with van der Waals surface area (Å²) in [4.78, 5) is 0. The normalized spacial score (nSPS) is 51.8. The van der Waals surface area contributed by atoms with Crippen molar-refractivity contribution in [2.24, 2.45) is 57.2 Å². The molecule has 0 amide bonds. The van der Waals surface area contributed by atoms with Gasteiger partial charge in [-0.15, -0.1) is 0 Å². The first kappa shape index (κ1) is 71.9. The topological polar surface area (TPSA) is 447 Å². The van der Waals surface area contributed by atoms with E-state index in [-0.39, 0.29) is 54.0 Å². The maximum atomic E-state index is 12.9. The van der Waals surface area contributed by atoms with Gasteiger partial charge in [0.15, 0.2) is 25.2 Å². The molecule has 9 rings (SSSR count). The summed E-state index contributed by atoms with van der Waals surface area (Å²) >= 11 is 0. The SMILES string of the molecule is C[C@@H]1[C@@H](O)[C@H](OC[C@H]2O[C@@H](O[C@H](CC[C@@H](C)C3CC[C@@]4(C)C5CC=C6C(CC[C@H](O[C@@H]7O[C@H](CO[C@@H]8C[C@H](CO)[C@@H](O)[C@H](O)[C@H]8O)[C@@H](O)[C@H](O)[C@H]7O)C6(C)C)[C@]5(C)[C@H](O)C[C@]34C)C(C)(C)O)[C@H](O[C@H]3O[C@@H](CO)[C@H](O)[C@@H](O)[C@@H]3O)[C@@H](O)[C@@H]2O)O[C@H](CO)[C@H]1O.